The molecule has 0 aromatic heterocycles. The zero-order valence-electron chi connectivity index (χ0n) is 6.64. The lowest BCUT2D eigenvalue weighted by Gasteiger charge is -2.04. The van der Waals surface area contributed by atoms with Crippen LogP contribution >= 0.6 is 23.2 Å². The third-order valence-corrected chi connectivity index (χ3v) is 1.91. The maximum Gasteiger partial charge on any atom is 0.165 e. The molecule has 0 bridgehead atoms. The second-order valence-corrected chi connectivity index (χ2v) is 2.98. The van der Waals surface area contributed by atoms with Crippen LogP contribution in [0.15, 0.2) is 34.8 Å². The molecule has 1 aromatic rings. The van der Waals surface area contributed by atoms with Crippen LogP contribution in [0.25, 0.3) is 0 Å². The number of rotatable bonds is 3. The van der Waals surface area contributed by atoms with E-state index in [0.717, 1.165) is 0 Å². The normalized spacial score (nSPS) is 11.5. The smallest absolute Gasteiger partial charge is 0.165 e. The van der Waals surface area contributed by atoms with Gasteiger partial charge >= 0.3 is 0 Å². The van der Waals surface area contributed by atoms with Gasteiger partial charge in [-0.05, 0) is 12.1 Å². The lowest BCUT2D eigenvalue weighted by Crippen LogP contribution is -1.98. The predicted molar refractivity (Wildman–Crippen MR) is 51.7 cm³/mol. The molecular formula is C9H7Cl2FO. The summed E-state index contributed by atoms with van der Waals surface area (Å²) in [5, 5.41) is 0.324. The van der Waals surface area contributed by atoms with E-state index in [0.29, 0.717) is 5.03 Å². The van der Waals surface area contributed by atoms with Crippen LogP contribution in [0.4, 0.5) is 4.39 Å². The molecule has 0 aliphatic carbocycles. The highest BCUT2D eigenvalue weighted by atomic mass is 35.5. The molecule has 0 saturated heterocycles. The van der Waals surface area contributed by atoms with Crippen molar-refractivity contribution in [2.75, 3.05) is 6.61 Å². The van der Waals surface area contributed by atoms with Gasteiger partial charge in [0.1, 0.15) is 6.61 Å². The molecule has 13 heavy (non-hydrogen) atoms. The van der Waals surface area contributed by atoms with Crippen LogP contribution in [0, 0.1) is 5.82 Å². The van der Waals surface area contributed by atoms with Gasteiger partial charge in [0.2, 0.25) is 0 Å². The lowest BCUT2D eigenvalue weighted by molar-refractivity contribution is 0.338. The number of hydrogen-bond donors (Lipinski definition) is 0. The molecule has 0 radical (unpaired) electrons. The largest absolute Gasteiger partial charge is 0.485 e. The van der Waals surface area contributed by atoms with Gasteiger partial charge in [-0.3, -0.25) is 0 Å². The fourth-order valence-corrected chi connectivity index (χ4v) is 0.858. The van der Waals surface area contributed by atoms with Crippen molar-refractivity contribution in [1.82, 2.24) is 0 Å². The van der Waals surface area contributed by atoms with Crippen molar-refractivity contribution in [3.8, 4) is 5.75 Å². The standard InChI is InChI=1S/C9H7Cl2FO/c10-5-7(11)6-13-9-4-2-1-3-8(9)12/h1-5H,6H2. The highest BCUT2D eigenvalue weighted by Crippen LogP contribution is 2.16. The van der Waals surface area contributed by atoms with Gasteiger partial charge in [-0.15, -0.1) is 0 Å². The third-order valence-electron chi connectivity index (χ3n) is 1.32. The van der Waals surface area contributed by atoms with Crippen molar-refractivity contribution in [3.63, 3.8) is 0 Å². The Morgan fingerprint density at radius 2 is 2.15 bits per heavy atom. The summed E-state index contributed by atoms with van der Waals surface area (Å²) >= 11 is 10.8. The van der Waals surface area contributed by atoms with Crippen molar-refractivity contribution in [2.24, 2.45) is 0 Å². The van der Waals surface area contributed by atoms with E-state index in [2.05, 4.69) is 0 Å². The van der Waals surface area contributed by atoms with E-state index in [-0.39, 0.29) is 12.4 Å². The fraction of sp³-hybridized carbons (Fsp3) is 0.111. The van der Waals surface area contributed by atoms with Gasteiger partial charge in [0, 0.05) is 5.54 Å². The maximum absolute atomic E-state index is 12.9. The Hall–Kier alpha value is -0.730. The van der Waals surface area contributed by atoms with E-state index in [4.69, 9.17) is 27.9 Å². The number of benzene rings is 1. The Labute approximate surface area is 85.7 Å². The second kappa shape index (κ2) is 5.10. The Morgan fingerprint density at radius 1 is 1.46 bits per heavy atom. The molecule has 0 saturated carbocycles. The predicted octanol–water partition coefficient (Wildman–Crippen LogP) is 3.52. The van der Waals surface area contributed by atoms with E-state index >= 15 is 0 Å². The van der Waals surface area contributed by atoms with Crippen LogP contribution in [-0.2, 0) is 0 Å². The van der Waals surface area contributed by atoms with Crippen LogP contribution in [0.2, 0.25) is 0 Å². The van der Waals surface area contributed by atoms with Gasteiger partial charge in [-0.25, -0.2) is 4.39 Å². The number of hydrogen-bond acceptors (Lipinski definition) is 1. The fourth-order valence-electron chi connectivity index (χ4n) is 0.740. The van der Waals surface area contributed by atoms with Crippen LogP contribution in [0.5, 0.6) is 5.75 Å². The van der Waals surface area contributed by atoms with Gasteiger partial charge in [-0.2, -0.15) is 0 Å². The van der Waals surface area contributed by atoms with Crippen molar-refractivity contribution >= 4 is 23.2 Å². The zero-order chi connectivity index (χ0) is 9.68. The highest BCUT2D eigenvalue weighted by molar-refractivity contribution is 6.36. The average molecular weight is 221 g/mol. The summed E-state index contributed by atoms with van der Waals surface area (Å²) < 4.78 is 18.0. The Bertz CT molecular complexity index is 312. The first-order valence-electron chi connectivity index (χ1n) is 3.56. The van der Waals surface area contributed by atoms with Gasteiger partial charge in [0.25, 0.3) is 0 Å². The van der Waals surface area contributed by atoms with Gasteiger partial charge < -0.3 is 4.74 Å². The molecule has 4 heteroatoms. The quantitative estimate of drug-likeness (QED) is 0.758. The van der Waals surface area contributed by atoms with E-state index in [1.165, 1.54) is 17.7 Å². The van der Waals surface area contributed by atoms with Crippen LogP contribution in [-0.4, -0.2) is 6.61 Å². The average Bonchev–Trinajstić information content (AvgIpc) is 2.16. The third kappa shape index (κ3) is 3.25. The lowest BCUT2D eigenvalue weighted by atomic mass is 10.3. The molecule has 0 N–H and O–H groups in total. The molecule has 0 fully saturated rings. The summed E-state index contributed by atoms with van der Waals surface area (Å²) in [6.07, 6.45) is 0. The Kier molecular flexibility index (Phi) is 4.06. The highest BCUT2D eigenvalue weighted by Gasteiger charge is 2.01. The summed E-state index contributed by atoms with van der Waals surface area (Å²) in [6, 6.07) is 6.10. The Balaban J connectivity index is 2.60. The van der Waals surface area contributed by atoms with Crippen molar-refractivity contribution < 1.29 is 9.13 Å². The number of halogens is 3. The molecule has 0 atom stereocenters. The topological polar surface area (TPSA) is 9.23 Å². The summed E-state index contributed by atoms with van der Waals surface area (Å²) in [5.74, 6) is -0.249. The van der Waals surface area contributed by atoms with Crippen LogP contribution < -0.4 is 4.74 Å². The summed E-state index contributed by atoms with van der Waals surface area (Å²) in [4.78, 5) is 0. The van der Waals surface area contributed by atoms with Gasteiger partial charge in [0.05, 0.1) is 5.03 Å². The van der Waals surface area contributed by atoms with Crippen LogP contribution in [0.3, 0.4) is 0 Å². The first-order chi connectivity index (χ1) is 6.24. The number of ether oxygens (including phenoxy) is 1. The van der Waals surface area contributed by atoms with Crippen molar-refractivity contribution in [2.45, 2.75) is 0 Å². The number of para-hydroxylation sites is 1. The molecule has 1 rings (SSSR count). The Morgan fingerprint density at radius 3 is 2.77 bits per heavy atom. The first kappa shape index (κ1) is 10.4. The van der Waals surface area contributed by atoms with Crippen molar-refractivity contribution in [1.29, 1.82) is 0 Å². The van der Waals surface area contributed by atoms with Crippen LogP contribution in [0.1, 0.15) is 0 Å². The SMILES string of the molecule is Fc1ccccc1OCC(Cl)=CCl. The molecule has 0 amide bonds. The molecule has 0 aliphatic heterocycles. The maximum atomic E-state index is 12.9. The first-order valence-corrected chi connectivity index (χ1v) is 4.37. The van der Waals surface area contributed by atoms with Gasteiger partial charge in [0.15, 0.2) is 11.6 Å². The second-order valence-electron chi connectivity index (χ2n) is 2.28. The molecule has 1 aromatic carbocycles. The van der Waals surface area contributed by atoms with E-state index in [9.17, 15) is 4.39 Å². The summed E-state index contributed by atoms with van der Waals surface area (Å²) in [7, 11) is 0. The minimum atomic E-state index is -0.415. The zero-order valence-corrected chi connectivity index (χ0v) is 8.15. The van der Waals surface area contributed by atoms with E-state index in [1.54, 1.807) is 12.1 Å². The van der Waals surface area contributed by atoms with E-state index < -0.39 is 5.82 Å². The molecule has 0 unspecified atom stereocenters. The molecule has 0 heterocycles. The molecule has 70 valence electrons. The minimum Gasteiger partial charge on any atom is -0.485 e. The minimum absolute atomic E-state index is 0.0754. The molecule has 0 spiro atoms. The monoisotopic (exact) mass is 220 g/mol. The van der Waals surface area contributed by atoms with Gasteiger partial charge in [-0.1, -0.05) is 35.3 Å². The molecular weight excluding hydrogens is 214 g/mol. The van der Waals surface area contributed by atoms with E-state index in [1.807, 2.05) is 0 Å². The summed E-state index contributed by atoms with van der Waals surface area (Å²) in [5.41, 5.74) is 1.18. The summed E-state index contributed by atoms with van der Waals surface area (Å²) in [6.45, 7) is 0.0754. The van der Waals surface area contributed by atoms with Crippen molar-refractivity contribution in [3.05, 3.63) is 40.7 Å². The molecule has 0 aliphatic rings. The molecule has 1 nitrogen and oxygen atoms in total.